The zero-order valence-corrected chi connectivity index (χ0v) is 19.4. The van der Waals surface area contributed by atoms with Crippen LogP contribution in [0.3, 0.4) is 0 Å². The van der Waals surface area contributed by atoms with E-state index in [9.17, 15) is 14.4 Å². The standard InChI is InChI=1S/C22H27BrN4O4/c1-3-24-20(28)15-26-11-6-12-27(14-13-26)21(29)16-7-4-5-8-17(16)25(2)22(30)18-9-10-19(23)31-18/h4-5,7-10H,3,6,11-15H2,1-2H3,(H,24,28). The molecule has 2 heterocycles. The highest BCUT2D eigenvalue weighted by atomic mass is 79.9. The number of amides is 3. The lowest BCUT2D eigenvalue weighted by molar-refractivity contribution is -0.122. The van der Waals surface area contributed by atoms with Crippen molar-refractivity contribution in [1.82, 2.24) is 15.1 Å². The summed E-state index contributed by atoms with van der Waals surface area (Å²) < 4.78 is 5.84. The number of carbonyl (C=O) groups excluding carboxylic acids is 3. The summed E-state index contributed by atoms with van der Waals surface area (Å²) in [6.07, 6.45) is 0.780. The van der Waals surface area contributed by atoms with Gasteiger partial charge >= 0.3 is 0 Å². The van der Waals surface area contributed by atoms with Crippen LogP contribution in [0, 0.1) is 0 Å². The van der Waals surface area contributed by atoms with Crippen molar-refractivity contribution in [3.05, 3.63) is 52.4 Å². The van der Waals surface area contributed by atoms with Crippen LogP contribution in [0.25, 0.3) is 0 Å². The molecule has 1 aliphatic heterocycles. The number of likely N-dealkylation sites (N-methyl/N-ethyl adjacent to an activating group) is 1. The number of hydrogen-bond donors (Lipinski definition) is 1. The van der Waals surface area contributed by atoms with Gasteiger partial charge in [-0.3, -0.25) is 19.3 Å². The molecule has 1 aliphatic rings. The van der Waals surface area contributed by atoms with Crippen molar-refractivity contribution in [2.24, 2.45) is 0 Å². The molecule has 2 aromatic rings. The van der Waals surface area contributed by atoms with E-state index in [4.69, 9.17) is 4.42 Å². The molecule has 0 saturated carbocycles. The largest absolute Gasteiger partial charge is 0.444 e. The molecule has 3 rings (SSSR count). The molecule has 0 radical (unpaired) electrons. The molecule has 3 amide bonds. The number of anilines is 1. The van der Waals surface area contributed by atoms with Crippen LogP contribution in [0.5, 0.6) is 0 Å². The van der Waals surface area contributed by atoms with E-state index in [0.29, 0.717) is 48.6 Å². The second kappa shape index (κ2) is 10.6. The molecule has 166 valence electrons. The average Bonchev–Trinajstić information content (AvgIpc) is 3.07. The Kier molecular flexibility index (Phi) is 7.86. The van der Waals surface area contributed by atoms with E-state index < -0.39 is 0 Å². The first-order valence-electron chi connectivity index (χ1n) is 10.3. The molecule has 1 N–H and O–H groups in total. The van der Waals surface area contributed by atoms with Gasteiger partial charge in [-0.2, -0.15) is 0 Å². The lowest BCUT2D eigenvalue weighted by atomic mass is 10.1. The van der Waals surface area contributed by atoms with Crippen molar-refractivity contribution in [1.29, 1.82) is 0 Å². The third-order valence-electron chi connectivity index (χ3n) is 5.20. The van der Waals surface area contributed by atoms with E-state index in [1.807, 2.05) is 6.92 Å². The topological polar surface area (TPSA) is 86.1 Å². The van der Waals surface area contributed by atoms with E-state index in [1.165, 1.54) is 4.90 Å². The van der Waals surface area contributed by atoms with E-state index in [-0.39, 0.29) is 23.5 Å². The molecule has 1 aromatic heterocycles. The highest BCUT2D eigenvalue weighted by Crippen LogP contribution is 2.24. The first-order valence-corrected chi connectivity index (χ1v) is 11.1. The molecule has 1 saturated heterocycles. The molecular weight excluding hydrogens is 464 g/mol. The average molecular weight is 491 g/mol. The van der Waals surface area contributed by atoms with E-state index in [0.717, 1.165) is 13.0 Å². The van der Waals surface area contributed by atoms with Crippen LogP contribution >= 0.6 is 15.9 Å². The zero-order valence-electron chi connectivity index (χ0n) is 17.8. The molecule has 0 atom stereocenters. The molecule has 31 heavy (non-hydrogen) atoms. The number of furan rings is 1. The van der Waals surface area contributed by atoms with Gasteiger partial charge in [0.25, 0.3) is 11.8 Å². The first kappa shape index (κ1) is 23.0. The maximum Gasteiger partial charge on any atom is 0.293 e. The molecule has 0 bridgehead atoms. The second-order valence-corrected chi connectivity index (χ2v) is 8.14. The molecule has 1 fully saturated rings. The van der Waals surface area contributed by atoms with Crippen molar-refractivity contribution in [3.63, 3.8) is 0 Å². The summed E-state index contributed by atoms with van der Waals surface area (Å²) in [5.74, 6) is -0.282. The van der Waals surface area contributed by atoms with Gasteiger partial charge in [-0.1, -0.05) is 12.1 Å². The van der Waals surface area contributed by atoms with Gasteiger partial charge in [0.2, 0.25) is 5.91 Å². The Hall–Kier alpha value is -2.65. The minimum absolute atomic E-state index is 0.00248. The fourth-order valence-corrected chi connectivity index (χ4v) is 3.92. The quantitative estimate of drug-likeness (QED) is 0.672. The van der Waals surface area contributed by atoms with Crippen molar-refractivity contribution in [2.45, 2.75) is 13.3 Å². The summed E-state index contributed by atoms with van der Waals surface area (Å²) in [6, 6.07) is 10.3. The Morgan fingerprint density at radius 3 is 2.58 bits per heavy atom. The summed E-state index contributed by atoms with van der Waals surface area (Å²) >= 11 is 3.20. The zero-order chi connectivity index (χ0) is 22.4. The van der Waals surface area contributed by atoms with Gasteiger partial charge in [0.1, 0.15) is 0 Å². The van der Waals surface area contributed by atoms with Gasteiger partial charge in [0, 0.05) is 39.8 Å². The van der Waals surface area contributed by atoms with Crippen LogP contribution < -0.4 is 10.2 Å². The third kappa shape index (κ3) is 5.74. The number of halogens is 1. The Bertz CT molecular complexity index is 945. The van der Waals surface area contributed by atoms with E-state index in [2.05, 4.69) is 26.1 Å². The van der Waals surface area contributed by atoms with Gasteiger partial charge in [0.15, 0.2) is 10.4 Å². The van der Waals surface area contributed by atoms with Gasteiger partial charge in [-0.25, -0.2) is 0 Å². The number of hydrogen-bond acceptors (Lipinski definition) is 5. The summed E-state index contributed by atoms with van der Waals surface area (Å²) in [4.78, 5) is 43.3. The highest BCUT2D eigenvalue weighted by Gasteiger charge is 2.26. The number of nitrogens with one attached hydrogen (secondary N) is 1. The van der Waals surface area contributed by atoms with Gasteiger partial charge < -0.3 is 19.5 Å². The van der Waals surface area contributed by atoms with E-state index in [1.54, 1.807) is 48.3 Å². The Labute approximate surface area is 190 Å². The number of para-hydroxylation sites is 1. The maximum atomic E-state index is 13.3. The summed E-state index contributed by atoms with van der Waals surface area (Å²) in [6.45, 7) is 5.34. The lowest BCUT2D eigenvalue weighted by Gasteiger charge is -2.25. The summed E-state index contributed by atoms with van der Waals surface area (Å²) in [5.41, 5.74) is 0.981. The van der Waals surface area contributed by atoms with E-state index >= 15 is 0 Å². The molecule has 8 nitrogen and oxygen atoms in total. The molecule has 1 aromatic carbocycles. The van der Waals surface area contributed by atoms with Gasteiger partial charge in [0.05, 0.1) is 17.8 Å². The Morgan fingerprint density at radius 2 is 1.87 bits per heavy atom. The third-order valence-corrected chi connectivity index (χ3v) is 5.63. The number of rotatable bonds is 6. The predicted octanol–water partition coefficient (Wildman–Crippen LogP) is 2.60. The van der Waals surface area contributed by atoms with Crippen LogP contribution in [0.2, 0.25) is 0 Å². The van der Waals surface area contributed by atoms with Crippen LogP contribution in [0.1, 0.15) is 34.3 Å². The van der Waals surface area contributed by atoms with Crippen LogP contribution in [-0.4, -0.2) is 73.8 Å². The molecule has 0 unspecified atom stereocenters. The molecular formula is C22H27BrN4O4. The summed E-state index contributed by atoms with van der Waals surface area (Å²) in [5, 5.41) is 2.81. The van der Waals surface area contributed by atoms with Crippen LogP contribution in [0.4, 0.5) is 5.69 Å². The maximum absolute atomic E-state index is 13.3. The van der Waals surface area contributed by atoms with Crippen LogP contribution in [0.15, 0.2) is 45.5 Å². The highest BCUT2D eigenvalue weighted by molar-refractivity contribution is 9.10. The molecule has 9 heteroatoms. The number of carbonyl (C=O) groups is 3. The van der Waals surface area contributed by atoms with Gasteiger partial charge in [-0.15, -0.1) is 0 Å². The Balaban J connectivity index is 1.72. The fraction of sp³-hybridized carbons (Fsp3) is 0.409. The van der Waals surface area contributed by atoms with Crippen molar-refractivity contribution >= 4 is 39.3 Å². The predicted molar refractivity (Wildman–Crippen MR) is 121 cm³/mol. The minimum Gasteiger partial charge on any atom is -0.444 e. The number of benzene rings is 1. The minimum atomic E-state index is -0.338. The monoisotopic (exact) mass is 490 g/mol. The van der Waals surface area contributed by atoms with Crippen molar-refractivity contribution in [3.8, 4) is 0 Å². The number of nitrogens with zero attached hydrogens (tertiary/aromatic N) is 3. The molecule has 0 spiro atoms. The SMILES string of the molecule is CCNC(=O)CN1CCCN(C(=O)c2ccccc2N(C)C(=O)c2ccc(Br)o2)CC1. The van der Waals surface area contributed by atoms with Crippen molar-refractivity contribution < 1.29 is 18.8 Å². The molecule has 0 aliphatic carbocycles. The normalized spacial score (nSPS) is 14.7. The lowest BCUT2D eigenvalue weighted by Crippen LogP contribution is -2.40. The summed E-state index contributed by atoms with van der Waals surface area (Å²) in [7, 11) is 1.63. The first-order chi connectivity index (χ1) is 14.9. The smallest absolute Gasteiger partial charge is 0.293 e. The fourth-order valence-electron chi connectivity index (χ4n) is 3.61. The van der Waals surface area contributed by atoms with Crippen molar-refractivity contribution in [2.75, 3.05) is 51.2 Å². The van der Waals surface area contributed by atoms with Gasteiger partial charge in [-0.05, 0) is 53.5 Å². The second-order valence-electron chi connectivity index (χ2n) is 7.36. The van der Waals surface area contributed by atoms with Crippen LogP contribution in [-0.2, 0) is 4.79 Å². The Morgan fingerprint density at radius 1 is 1.10 bits per heavy atom.